The zero-order valence-corrected chi connectivity index (χ0v) is 10.1. The second-order valence-electron chi connectivity index (χ2n) is 3.97. The van der Waals surface area contributed by atoms with Gasteiger partial charge in [0.1, 0.15) is 0 Å². The second kappa shape index (κ2) is 6.85. The number of pyridine rings is 1. The van der Waals surface area contributed by atoms with Gasteiger partial charge in [-0.05, 0) is 25.3 Å². The van der Waals surface area contributed by atoms with Crippen molar-refractivity contribution in [1.82, 2.24) is 9.88 Å². The van der Waals surface area contributed by atoms with Crippen molar-refractivity contribution in [1.29, 1.82) is 0 Å². The van der Waals surface area contributed by atoms with Crippen molar-refractivity contribution >= 4 is 11.6 Å². The van der Waals surface area contributed by atoms with E-state index in [1.807, 2.05) is 0 Å². The molecule has 0 unspecified atom stereocenters. The fraction of sp³-hybridized carbons (Fsp3) is 0.500. The standard InChI is InChI=1S/C12H19N3O2/c1-15(7-3-2-4-8-16)12(17)10-9-14-6-5-11(10)13/h5-6,9,16H,2-4,7-8H2,1H3,(H2,13,14). The van der Waals surface area contributed by atoms with Crippen molar-refractivity contribution in [2.24, 2.45) is 0 Å². The molecule has 1 rings (SSSR count). The maximum absolute atomic E-state index is 12.0. The normalized spacial score (nSPS) is 10.2. The van der Waals surface area contributed by atoms with Crippen LogP contribution in [-0.4, -0.2) is 41.1 Å². The van der Waals surface area contributed by atoms with Crippen LogP contribution in [0.25, 0.3) is 0 Å². The van der Waals surface area contributed by atoms with Crippen molar-refractivity contribution in [2.45, 2.75) is 19.3 Å². The smallest absolute Gasteiger partial charge is 0.257 e. The van der Waals surface area contributed by atoms with Gasteiger partial charge in [0.05, 0.1) is 5.56 Å². The van der Waals surface area contributed by atoms with Crippen LogP contribution in [0.2, 0.25) is 0 Å². The molecule has 0 fully saturated rings. The van der Waals surface area contributed by atoms with Gasteiger partial charge in [-0.1, -0.05) is 0 Å². The third-order valence-corrected chi connectivity index (χ3v) is 2.58. The van der Waals surface area contributed by atoms with E-state index >= 15 is 0 Å². The summed E-state index contributed by atoms with van der Waals surface area (Å²) in [5.74, 6) is -0.111. The molecule has 0 spiro atoms. The lowest BCUT2D eigenvalue weighted by atomic mass is 10.2. The first-order valence-corrected chi connectivity index (χ1v) is 5.72. The summed E-state index contributed by atoms with van der Waals surface area (Å²) in [6, 6.07) is 1.62. The van der Waals surface area contributed by atoms with Crippen LogP contribution in [0.15, 0.2) is 18.5 Å². The number of anilines is 1. The molecule has 5 nitrogen and oxygen atoms in total. The van der Waals surface area contributed by atoms with Crippen LogP contribution < -0.4 is 5.73 Å². The van der Waals surface area contributed by atoms with Gasteiger partial charge in [-0.25, -0.2) is 0 Å². The Labute approximate surface area is 101 Å². The summed E-state index contributed by atoms with van der Waals surface area (Å²) in [5.41, 5.74) is 6.61. The number of hydrogen-bond acceptors (Lipinski definition) is 4. The van der Waals surface area contributed by atoms with Crippen LogP contribution in [0.5, 0.6) is 0 Å². The Bertz CT molecular complexity index is 369. The molecule has 5 heteroatoms. The maximum atomic E-state index is 12.0. The minimum Gasteiger partial charge on any atom is -0.398 e. The van der Waals surface area contributed by atoms with Gasteiger partial charge in [-0.3, -0.25) is 9.78 Å². The lowest BCUT2D eigenvalue weighted by molar-refractivity contribution is 0.0793. The molecule has 1 amide bonds. The number of carbonyl (C=O) groups is 1. The first kappa shape index (κ1) is 13.4. The maximum Gasteiger partial charge on any atom is 0.257 e. The topological polar surface area (TPSA) is 79.5 Å². The molecular weight excluding hydrogens is 218 g/mol. The summed E-state index contributed by atoms with van der Waals surface area (Å²) in [4.78, 5) is 17.5. The molecule has 94 valence electrons. The van der Waals surface area contributed by atoms with Crippen molar-refractivity contribution < 1.29 is 9.90 Å². The Morgan fingerprint density at radius 1 is 1.47 bits per heavy atom. The van der Waals surface area contributed by atoms with Crippen LogP contribution in [0.4, 0.5) is 5.69 Å². The third kappa shape index (κ3) is 4.03. The van der Waals surface area contributed by atoms with Crippen LogP contribution in [-0.2, 0) is 0 Å². The molecule has 1 heterocycles. The van der Waals surface area contributed by atoms with E-state index in [2.05, 4.69) is 4.98 Å². The van der Waals surface area contributed by atoms with Crippen LogP contribution in [0, 0.1) is 0 Å². The summed E-state index contributed by atoms with van der Waals surface area (Å²) in [6.07, 6.45) is 5.62. The van der Waals surface area contributed by atoms with Crippen LogP contribution in [0.3, 0.4) is 0 Å². The number of aliphatic hydroxyl groups is 1. The summed E-state index contributed by atoms with van der Waals surface area (Å²) in [5, 5.41) is 8.65. The largest absolute Gasteiger partial charge is 0.398 e. The van der Waals surface area contributed by atoms with Crippen molar-refractivity contribution in [2.75, 3.05) is 25.9 Å². The SMILES string of the molecule is CN(CCCCCO)C(=O)c1cnccc1N. The Hall–Kier alpha value is -1.62. The van der Waals surface area contributed by atoms with Gasteiger partial charge in [0.15, 0.2) is 0 Å². The fourth-order valence-electron chi connectivity index (χ4n) is 1.53. The Morgan fingerprint density at radius 2 is 2.24 bits per heavy atom. The molecule has 0 bridgehead atoms. The number of nitrogens with zero attached hydrogens (tertiary/aromatic N) is 2. The van der Waals surface area contributed by atoms with E-state index in [-0.39, 0.29) is 12.5 Å². The summed E-state index contributed by atoms with van der Waals surface area (Å²) in [6.45, 7) is 0.861. The molecule has 1 aromatic rings. The second-order valence-corrected chi connectivity index (χ2v) is 3.97. The molecule has 0 saturated carbocycles. The molecule has 1 aromatic heterocycles. The summed E-state index contributed by atoms with van der Waals surface area (Å²) < 4.78 is 0. The average molecular weight is 237 g/mol. The Kier molecular flexibility index (Phi) is 5.42. The van der Waals surface area contributed by atoms with Crippen molar-refractivity contribution in [3.63, 3.8) is 0 Å². The molecule has 0 saturated heterocycles. The van der Waals surface area contributed by atoms with Crippen LogP contribution in [0.1, 0.15) is 29.6 Å². The lowest BCUT2D eigenvalue weighted by Gasteiger charge is -2.17. The third-order valence-electron chi connectivity index (χ3n) is 2.58. The minimum atomic E-state index is -0.111. The molecule has 0 radical (unpaired) electrons. The number of nitrogen functional groups attached to an aromatic ring is 1. The van der Waals surface area contributed by atoms with E-state index < -0.39 is 0 Å². The number of rotatable bonds is 6. The monoisotopic (exact) mass is 237 g/mol. The fourth-order valence-corrected chi connectivity index (χ4v) is 1.53. The highest BCUT2D eigenvalue weighted by Crippen LogP contribution is 2.11. The first-order chi connectivity index (χ1) is 8.16. The van der Waals surface area contributed by atoms with E-state index in [9.17, 15) is 4.79 Å². The van der Waals surface area contributed by atoms with E-state index in [1.54, 1.807) is 24.2 Å². The first-order valence-electron chi connectivity index (χ1n) is 5.72. The number of unbranched alkanes of at least 4 members (excludes halogenated alkanes) is 2. The quantitative estimate of drug-likeness (QED) is 0.720. The van der Waals surface area contributed by atoms with Gasteiger partial charge in [0.2, 0.25) is 0 Å². The van der Waals surface area contributed by atoms with Gasteiger partial charge in [-0.2, -0.15) is 0 Å². The average Bonchev–Trinajstić information content (AvgIpc) is 2.34. The summed E-state index contributed by atoms with van der Waals surface area (Å²) in [7, 11) is 1.74. The Morgan fingerprint density at radius 3 is 2.88 bits per heavy atom. The van der Waals surface area contributed by atoms with Gasteiger partial charge in [-0.15, -0.1) is 0 Å². The van der Waals surface area contributed by atoms with Crippen LogP contribution >= 0.6 is 0 Å². The van der Waals surface area contributed by atoms with E-state index in [1.165, 1.54) is 6.20 Å². The molecular formula is C12H19N3O2. The number of hydrogen-bond donors (Lipinski definition) is 2. The summed E-state index contributed by atoms with van der Waals surface area (Å²) >= 11 is 0. The number of aromatic nitrogens is 1. The highest BCUT2D eigenvalue weighted by molar-refractivity contribution is 5.98. The van der Waals surface area contributed by atoms with Gasteiger partial charge >= 0.3 is 0 Å². The molecule has 0 aliphatic heterocycles. The molecule has 0 aromatic carbocycles. The van der Waals surface area contributed by atoms with E-state index in [0.717, 1.165) is 19.3 Å². The molecule has 0 aliphatic carbocycles. The van der Waals surface area contributed by atoms with Crippen molar-refractivity contribution in [3.05, 3.63) is 24.0 Å². The number of aliphatic hydroxyl groups excluding tert-OH is 1. The zero-order valence-electron chi connectivity index (χ0n) is 10.1. The molecule has 3 N–H and O–H groups in total. The lowest BCUT2D eigenvalue weighted by Crippen LogP contribution is -2.28. The minimum absolute atomic E-state index is 0.111. The van der Waals surface area contributed by atoms with Gasteiger partial charge in [0, 0.05) is 38.3 Å². The van der Waals surface area contributed by atoms with Gasteiger partial charge in [0.25, 0.3) is 5.91 Å². The number of amides is 1. The number of nitrogens with two attached hydrogens (primary N) is 1. The zero-order chi connectivity index (χ0) is 12.7. The van der Waals surface area contributed by atoms with E-state index in [0.29, 0.717) is 17.8 Å². The molecule has 0 aliphatic rings. The molecule has 17 heavy (non-hydrogen) atoms. The van der Waals surface area contributed by atoms with Gasteiger partial charge < -0.3 is 15.7 Å². The Balaban J connectivity index is 2.49. The number of carbonyl (C=O) groups excluding carboxylic acids is 1. The predicted octanol–water partition coefficient (Wildman–Crippen LogP) is 0.898. The van der Waals surface area contributed by atoms with E-state index in [4.69, 9.17) is 10.8 Å². The highest BCUT2D eigenvalue weighted by Gasteiger charge is 2.13. The molecule has 0 atom stereocenters. The predicted molar refractivity (Wildman–Crippen MR) is 66.5 cm³/mol. The van der Waals surface area contributed by atoms with Crippen molar-refractivity contribution in [3.8, 4) is 0 Å². The highest BCUT2D eigenvalue weighted by atomic mass is 16.2.